The summed E-state index contributed by atoms with van der Waals surface area (Å²) in [6.07, 6.45) is 2.72. The molecule has 2 rings (SSSR count). The Morgan fingerprint density at radius 1 is 1.42 bits per heavy atom. The zero-order valence-corrected chi connectivity index (χ0v) is 15.5. The summed E-state index contributed by atoms with van der Waals surface area (Å²) in [6, 6.07) is 4.49. The van der Waals surface area contributed by atoms with Crippen molar-refractivity contribution in [2.45, 2.75) is 44.0 Å². The number of hydrogen-bond acceptors (Lipinski definition) is 4. The summed E-state index contributed by atoms with van der Waals surface area (Å²) in [7, 11) is -3.63. The standard InChI is InChI=1S/C17H22ClNO4S/c1-12-7-8-15(10-16(12)17(20)23-11-13(2)18)24(21,22)19-9-5-4-6-14(19)3/h7-8,10,14H,2,4-6,9,11H2,1,3H3. The molecule has 1 fully saturated rings. The summed E-state index contributed by atoms with van der Waals surface area (Å²) >= 11 is 5.60. The van der Waals surface area contributed by atoms with Crippen LogP contribution in [0.15, 0.2) is 34.7 Å². The number of sulfonamides is 1. The largest absolute Gasteiger partial charge is 0.456 e. The van der Waals surface area contributed by atoms with Gasteiger partial charge in [0.2, 0.25) is 10.0 Å². The van der Waals surface area contributed by atoms with Crippen molar-refractivity contribution < 1.29 is 17.9 Å². The number of benzene rings is 1. The summed E-state index contributed by atoms with van der Waals surface area (Å²) in [4.78, 5) is 12.3. The van der Waals surface area contributed by atoms with E-state index in [0.29, 0.717) is 12.1 Å². The highest BCUT2D eigenvalue weighted by Crippen LogP contribution is 2.26. The molecular formula is C17H22ClNO4S. The predicted molar refractivity (Wildman–Crippen MR) is 93.7 cm³/mol. The molecule has 1 aliphatic heterocycles. The van der Waals surface area contributed by atoms with E-state index >= 15 is 0 Å². The number of aryl methyl sites for hydroxylation is 1. The maximum Gasteiger partial charge on any atom is 0.338 e. The third-order valence-corrected chi connectivity index (χ3v) is 6.26. The van der Waals surface area contributed by atoms with E-state index in [2.05, 4.69) is 6.58 Å². The van der Waals surface area contributed by atoms with E-state index in [9.17, 15) is 13.2 Å². The Hall–Kier alpha value is -1.37. The molecule has 1 atom stereocenters. The third kappa shape index (κ3) is 4.18. The molecule has 1 saturated heterocycles. The van der Waals surface area contributed by atoms with Gasteiger partial charge in [-0.1, -0.05) is 30.7 Å². The minimum atomic E-state index is -3.63. The van der Waals surface area contributed by atoms with Crippen LogP contribution in [0.4, 0.5) is 0 Å². The molecule has 132 valence electrons. The zero-order chi connectivity index (χ0) is 17.9. The minimum Gasteiger partial charge on any atom is -0.456 e. The number of halogens is 1. The number of carbonyl (C=O) groups excluding carboxylic acids is 1. The summed E-state index contributed by atoms with van der Waals surface area (Å²) in [6.45, 7) is 7.48. The molecule has 7 heteroatoms. The molecule has 0 saturated carbocycles. The van der Waals surface area contributed by atoms with Crippen molar-refractivity contribution in [1.82, 2.24) is 4.31 Å². The van der Waals surface area contributed by atoms with Gasteiger partial charge in [0, 0.05) is 17.6 Å². The number of carbonyl (C=O) groups is 1. The highest BCUT2D eigenvalue weighted by Gasteiger charge is 2.31. The van der Waals surface area contributed by atoms with Crippen LogP contribution in [0.2, 0.25) is 0 Å². The van der Waals surface area contributed by atoms with Crippen molar-refractivity contribution in [2.75, 3.05) is 13.2 Å². The van der Waals surface area contributed by atoms with Crippen LogP contribution in [0.5, 0.6) is 0 Å². The average molecular weight is 372 g/mol. The van der Waals surface area contributed by atoms with E-state index in [0.717, 1.165) is 19.3 Å². The number of hydrogen-bond donors (Lipinski definition) is 0. The summed E-state index contributed by atoms with van der Waals surface area (Å²) in [5.41, 5.74) is 0.865. The molecule has 0 aliphatic carbocycles. The van der Waals surface area contributed by atoms with E-state index in [1.54, 1.807) is 13.0 Å². The van der Waals surface area contributed by atoms with Gasteiger partial charge in [-0.25, -0.2) is 13.2 Å². The molecule has 0 spiro atoms. The van der Waals surface area contributed by atoms with Crippen molar-refractivity contribution >= 4 is 27.6 Å². The van der Waals surface area contributed by atoms with Gasteiger partial charge in [-0.3, -0.25) is 0 Å². The van der Waals surface area contributed by atoms with Crippen LogP contribution >= 0.6 is 11.6 Å². The Morgan fingerprint density at radius 2 is 2.12 bits per heavy atom. The number of ether oxygens (including phenoxy) is 1. The first-order valence-corrected chi connectivity index (χ1v) is 9.68. The van der Waals surface area contributed by atoms with Gasteiger partial charge in [0.25, 0.3) is 0 Å². The monoisotopic (exact) mass is 371 g/mol. The topological polar surface area (TPSA) is 63.7 Å². The molecule has 0 N–H and O–H groups in total. The van der Waals surface area contributed by atoms with Crippen LogP contribution in [0.25, 0.3) is 0 Å². The number of nitrogens with zero attached hydrogens (tertiary/aromatic N) is 1. The number of rotatable bonds is 5. The van der Waals surface area contributed by atoms with Gasteiger partial charge in [-0.05, 0) is 44.4 Å². The van der Waals surface area contributed by atoms with Crippen molar-refractivity contribution in [1.29, 1.82) is 0 Å². The fourth-order valence-electron chi connectivity index (χ4n) is 2.77. The molecule has 0 radical (unpaired) electrons. The fraction of sp³-hybridized carbons (Fsp3) is 0.471. The molecule has 0 bridgehead atoms. The first kappa shape index (κ1) is 19.0. The Labute approximate surface area is 148 Å². The van der Waals surface area contributed by atoms with Gasteiger partial charge in [0.05, 0.1) is 10.5 Å². The van der Waals surface area contributed by atoms with Gasteiger partial charge in [0.15, 0.2) is 0 Å². The van der Waals surface area contributed by atoms with Crippen LogP contribution in [0.3, 0.4) is 0 Å². The first-order valence-electron chi connectivity index (χ1n) is 7.86. The molecule has 0 aromatic heterocycles. The Balaban J connectivity index is 2.32. The Morgan fingerprint density at radius 3 is 2.75 bits per heavy atom. The molecule has 1 aromatic carbocycles. The Kier molecular flexibility index (Phi) is 6.06. The normalized spacial score (nSPS) is 19.0. The van der Waals surface area contributed by atoms with Crippen molar-refractivity contribution in [2.24, 2.45) is 0 Å². The van der Waals surface area contributed by atoms with E-state index < -0.39 is 16.0 Å². The fourth-order valence-corrected chi connectivity index (χ4v) is 4.55. The lowest BCUT2D eigenvalue weighted by atomic mass is 10.1. The van der Waals surface area contributed by atoms with Crippen molar-refractivity contribution in [3.63, 3.8) is 0 Å². The zero-order valence-electron chi connectivity index (χ0n) is 13.9. The van der Waals surface area contributed by atoms with E-state index in [-0.39, 0.29) is 28.1 Å². The molecule has 5 nitrogen and oxygen atoms in total. The second kappa shape index (κ2) is 7.68. The quantitative estimate of drug-likeness (QED) is 0.743. The minimum absolute atomic E-state index is 0.0416. The number of esters is 1. The van der Waals surface area contributed by atoms with Crippen LogP contribution < -0.4 is 0 Å². The highest BCUT2D eigenvalue weighted by molar-refractivity contribution is 7.89. The van der Waals surface area contributed by atoms with Gasteiger partial charge in [-0.2, -0.15) is 4.31 Å². The van der Waals surface area contributed by atoms with Gasteiger partial charge in [-0.15, -0.1) is 0 Å². The first-order chi connectivity index (χ1) is 11.2. The van der Waals surface area contributed by atoms with Crippen LogP contribution in [-0.4, -0.2) is 37.9 Å². The molecule has 1 aliphatic rings. The molecule has 1 unspecified atom stereocenters. The SMILES string of the molecule is C=C(Cl)COC(=O)c1cc(S(=O)(=O)N2CCCCC2C)ccc1C. The van der Waals surface area contributed by atoms with Crippen molar-refractivity contribution in [3.8, 4) is 0 Å². The summed E-state index contributed by atoms with van der Waals surface area (Å²) in [5.74, 6) is -0.613. The lowest BCUT2D eigenvalue weighted by Crippen LogP contribution is -2.41. The lowest BCUT2D eigenvalue weighted by molar-refractivity contribution is 0.0545. The lowest BCUT2D eigenvalue weighted by Gasteiger charge is -2.32. The molecule has 1 aromatic rings. The van der Waals surface area contributed by atoms with E-state index in [4.69, 9.17) is 16.3 Å². The van der Waals surface area contributed by atoms with Crippen LogP contribution in [0.1, 0.15) is 42.1 Å². The second-order valence-corrected chi connectivity index (χ2v) is 8.46. The van der Waals surface area contributed by atoms with Gasteiger partial charge >= 0.3 is 5.97 Å². The second-order valence-electron chi connectivity index (χ2n) is 6.03. The molecule has 1 heterocycles. The molecule has 24 heavy (non-hydrogen) atoms. The molecular weight excluding hydrogens is 350 g/mol. The van der Waals surface area contributed by atoms with Crippen LogP contribution in [-0.2, 0) is 14.8 Å². The van der Waals surface area contributed by atoms with E-state index in [1.807, 2.05) is 6.92 Å². The maximum absolute atomic E-state index is 12.9. The van der Waals surface area contributed by atoms with Crippen molar-refractivity contribution in [3.05, 3.63) is 40.9 Å². The highest BCUT2D eigenvalue weighted by atomic mass is 35.5. The maximum atomic E-state index is 12.9. The smallest absolute Gasteiger partial charge is 0.338 e. The Bertz CT molecular complexity index is 745. The van der Waals surface area contributed by atoms with E-state index in [1.165, 1.54) is 16.4 Å². The third-order valence-electron chi connectivity index (χ3n) is 4.14. The summed E-state index contributed by atoms with van der Waals surface area (Å²) < 4.78 is 32.3. The molecule has 0 amide bonds. The van der Waals surface area contributed by atoms with Gasteiger partial charge < -0.3 is 4.74 Å². The van der Waals surface area contributed by atoms with Crippen LogP contribution in [0, 0.1) is 6.92 Å². The van der Waals surface area contributed by atoms with Gasteiger partial charge in [0.1, 0.15) is 6.61 Å². The average Bonchev–Trinajstić information content (AvgIpc) is 2.53. The number of piperidine rings is 1. The predicted octanol–water partition coefficient (Wildman–Crippen LogP) is 3.47. The summed E-state index contributed by atoms with van der Waals surface area (Å²) in [5, 5.41) is 0.201.